The van der Waals surface area contributed by atoms with E-state index in [2.05, 4.69) is 0 Å². The number of carboxylic acids is 1. The normalized spacial score (nSPS) is 41.7. The van der Waals surface area contributed by atoms with Gasteiger partial charge in [-0.2, -0.15) is 0 Å². The first-order chi connectivity index (χ1) is 6.03. The van der Waals surface area contributed by atoms with Crippen molar-refractivity contribution in [2.45, 2.75) is 18.1 Å². The topological polar surface area (TPSA) is 74.7 Å². The van der Waals surface area contributed by atoms with E-state index >= 15 is 0 Å². The first-order valence-corrected chi connectivity index (χ1v) is 5.75. The maximum atomic E-state index is 11.6. The first-order valence-electron chi connectivity index (χ1n) is 4.25. The molecule has 5 nitrogen and oxygen atoms in total. The van der Waals surface area contributed by atoms with E-state index in [9.17, 15) is 13.2 Å². The standard InChI is InChI=1S/C7H11NO4S/c9-7(10)6-5-2-1-3-8(4-5)13(6,11)12/h5-6H,1-4H2,(H,9,10)/t5-,6+/m0/s1. The molecule has 13 heavy (non-hydrogen) atoms. The number of fused-ring (bicyclic) bond motifs is 2. The zero-order chi connectivity index (χ0) is 9.64. The van der Waals surface area contributed by atoms with Gasteiger partial charge in [0.1, 0.15) is 0 Å². The van der Waals surface area contributed by atoms with Crippen LogP contribution in [0.25, 0.3) is 0 Å². The Balaban J connectivity index is 2.42. The lowest BCUT2D eigenvalue weighted by molar-refractivity contribution is -0.137. The summed E-state index contributed by atoms with van der Waals surface area (Å²) < 4.78 is 24.4. The molecule has 3 atom stereocenters. The predicted molar refractivity (Wildman–Crippen MR) is 44.6 cm³/mol. The zero-order valence-corrected chi connectivity index (χ0v) is 7.83. The van der Waals surface area contributed by atoms with E-state index in [0.29, 0.717) is 19.5 Å². The molecule has 0 aromatic rings. The van der Waals surface area contributed by atoms with Crippen molar-refractivity contribution >= 4 is 16.0 Å². The molecule has 0 amide bonds. The molecule has 0 aliphatic carbocycles. The number of nitrogens with zero attached hydrogens (tertiary/aromatic N) is 1. The Morgan fingerprint density at radius 1 is 1.46 bits per heavy atom. The van der Waals surface area contributed by atoms with Crippen molar-refractivity contribution in [3.05, 3.63) is 0 Å². The summed E-state index contributed by atoms with van der Waals surface area (Å²) in [6, 6.07) is 0. The molecular weight excluding hydrogens is 194 g/mol. The van der Waals surface area contributed by atoms with Crippen molar-refractivity contribution in [1.82, 2.24) is 4.31 Å². The van der Waals surface area contributed by atoms with E-state index < -0.39 is 21.2 Å². The van der Waals surface area contributed by atoms with Gasteiger partial charge in [0.25, 0.3) is 0 Å². The molecule has 2 aliphatic heterocycles. The van der Waals surface area contributed by atoms with Gasteiger partial charge in [0.05, 0.1) is 0 Å². The quantitative estimate of drug-likeness (QED) is 0.626. The maximum absolute atomic E-state index is 11.6. The van der Waals surface area contributed by atoms with Crippen LogP contribution in [0.2, 0.25) is 0 Å². The lowest BCUT2D eigenvalue weighted by Gasteiger charge is -2.18. The lowest BCUT2D eigenvalue weighted by Crippen LogP contribution is -2.33. The molecule has 1 N–H and O–H groups in total. The largest absolute Gasteiger partial charge is 0.480 e. The smallest absolute Gasteiger partial charge is 0.323 e. The summed E-state index contributed by atoms with van der Waals surface area (Å²) >= 11 is 0. The summed E-state index contributed by atoms with van der Waals surface area (Å²) in [5.74, 6) is -1.40. The van der Waals surface area contributed by atoms with E-state index in [4.69, 9.17) is 5.11 Å². The molecule has 0 aromatic heterocycles. The third-order valence-corrected chi connectivity index (χ3v) is 5.05. The minimum Gasteiger partial charge on any atom is -0.480 e. The van der Waals surface area contributed by atoms with Gasteiger partial charge in [-0.3, -0.25) is 4.79 Å². The Morgan fingerprint density at radius 3 is 2.69 bits per heavy atom. The number of piperidine rings is 1. The van der Waals surface area contributed by atoms with Crippen LogP contribution in [0.15, 0.2) is 0 Å². The predicted octanol–water partition coefficient (Wildman–Crippen LogP) is -0.505. The van der Waals surface area contributed by atoms with E-state index in [1.165, 1.54) is 4.31 Å². The van der Waals surface area contributed by atoms with Crippen LogP contribution in [-0.2, 0) is 14.8 Å². The fourth-order valence-corrected chi connectivity index (χ4v) is 4.25. The number of sulfonamides is 1. The van der Waals surface area contributed by atoms with Gasteiger partial charge in [0, 0.05) is 19.0 Å². The van der Waals surface area contributed by atoms with E-state index in [-0.39, 0.29) is 5.92 Å². The summed E-state index contributed by atoms with van der Waals surface area (Å²) in [5.41, 5.74) is 0. The molecule has 6 heteroatoms. The van der Waals surface area contributed by atoms with Gasteiger partial charge < -0.3 is 5.11 Å². The van der Waals surface area contributed by atoms with Gasteiger partial charge in [-0.05, 0) is 12.8 Å². The Kier molecular flexibility index (Phi) is 1.85. The highest BCUT2D eigenvalue weighted by Gasteiger charge is 2.51. The van der Waals surface area contributed by atoms with Gasteiger partial charge in [0.15, 0.2) is 5.25 Å². The number of hydrogen-bond acceptors (Lipinski definition) is 3. The molecule has 0 radical (unpaired) electrons. The summed E-state index contributed by atoms with van der Waals surface area (Å²) in [4.78, 5) is 10.8. The first kappa shape index (κ1) is 8.96. The molecule has 2 aliphatic rings. The van der Waals surface area contributed by atoms with Crippen LogP contribution in [0.4, 0.5) is 0 Å². The van der Waals surface area contributed by atoms with Crippen LogP contribution >= 0.6 is 0 Å². The van der Waals surface area contributed by atoms with Gasteiger partial charge >= 0.3 is 5.97 Å². The summed E-state index contributed by atoms with van der Waals surface area (Å²) in [5, 5.41) is 7.60. The fraction of sp³-hybridized carbons (Fsp3) is 0.857. The van der Waals surface area contributed by atoms with Gasteiger partial charge in [0.2, 0.25) is 10.0 Å². The minimum absolute atomic E-state index is 0.198. The van der Waals surface area contributed by atoms with Crippen molar-refractivity contribution in [3.8, 4) is 0 Å². The van der Waals surface area contributed by atoms with Crippen molar-refractivity contribution in [2.75, 3.05) is 13.1 Å². The van der Waals surface area contributed by atoms with E-state index in [1.54, 1.807) is 0 Å². The fourth-order valence-electron chi connectivity index (χ4n) is 2.19. The van der Waals surface area contributed by atoms with Crippen LogP contribution in [0.1, 0.15) is 12.8 Å². The molecule has 2 heterocycles. The second-order valence-corrected chi connectivity index (χ2v) is 5.62. The van der Waals surface area contributed by atoms with Crippen LogP contribution in [-0.4, -0.2) is 42.1 Å². The van der Waals surface area contributed by atoms with E-state index in [0.717, 1.165) is 6.42 Å². The highest BCUT2D eigenvalue weighted by Crippen LogP contribution is 2.34. The summed E-state index contributed by atoms with van der Waals surface area (Å²) in [6.07, 6.45) is 1.50. The molecule has 0 spiro atoms. The third kappa shape index (κ3) is 1.16. The Morgan fingerprint density at radius 2 is 2.15 bits per heavy atom. The molecular formula is C7H11NO4S. The SMILES string of the molecule is O=C(O)[C@H]1[C@H]2CCCN(C2)S1(=O)=O. The van der Waals surface area contributed by atoms with Crippen molar-refractivity contribution < 1.29 is 18.3 Å². The average molecular weight is 205 g/mol. The third-order valence-electron chi connectivity index (χ3n) is 2.77. The molecule has 2 fully saturated rings. The lowest BCUT2D eigenvalue weighted by atomic mass is 9.96. The number of aliphatic carboxylic acids is 1. The molecule has 0 saturated carbocycles. The number of rotatable bonds is 1. The number of carbonyl (C=O) groups is 1. The highest BCUT2D eigenvalue weighted by molar-refractivity contribution is 7.90. The van der Waals surface area contributed by atoms with Crippen molar-refractivity contribution in [2.24, 2.45) is 5.92 Å². The van der Waals surface area contributed by atoms with Crippen LogP contribution in [0.5, 0.6) is 0 Å². The Labute approximate surface area is 76.4 Å². The van der Waals surface area contributed by atoms with Crippen LogP contribution in [0, 0.1) is 5.92 Å². The molecule has 2 bridgehead atoms. The highest BCUT2D eigenvalue weighted by atomic mass is 32.2. The zero-order valence-electron chi connectivity index (χ0n) is 7.01. The van der Waals surface area contributed by atoms with Crippen molar-refractivity contribution in [1.29, 1.82) is 0 Å². The Bertz CT molecular complexity index is 336. The maximum Gasteiger partial charge on any atom is 0.323 e. The average Bonchev–Trinajstić information content (AvgIpc) is 2.19. The molecule has 1 unspecified atom stereocenters. The minimum atomic E-state index is -3.53. The van der Waals surface area contributed by atoms with E-state index in [1.807, 2.05) is 0 Å². The number of hydrogen-bond donors (Lipinski definition) is 1. The monoisotopic (exact) mass is 205 g/mol. The van der Waals surface area contributed by atoms with Gasteiger partial charge in [-0.25, -0.2) is 12.7 Å². The van der Waals surface area contributed by atoms with Crippen molar-refractivity contribution in [3.63, 3.8) is 0 Å². The second-order valence-electron chi connectivity index (χ2n) is 3.56. The second kappa shape index (κ2) is 2.68. The van der Waals surface area contributed by atoms with Gasteiger partial charge in [-0.15, -0.1) is 0 Å². The Hall–Kier alpha value is -0.620. The molecule has 2 rings (SSSR count). The summed E-state index contributed by atoms with van der Waals surface area (Å²) in [7, 11) is -3.53. The molecule has 0 aromatic carbocycles. The number of carboxylic acid groups (broad SMARTS) is 1. The van der Waals surface area contributed by atoms with Crippen LogP contribution < -0.4 is 0 Å². The van der Waals surface area contributed by atoms with Crippen LogP contribution in [0.3, 0.4) is 0 Å². The van der Waals surface area contributed by atoms with Gasteiger partial charge in [-0.1, -0.05) is 0 Å². The molecule has 2 saturated heterocycles. The molecule has 74 valence electrons. The summed E-state index contributed by atoms with van der Waals surface area (Å²) in [6.45, 7) is 0.891.